The average molecular weight is 351 g/mol. The number of anilines is 2. The Labute approximate surface area is 151 Å². The number of aryl methyl sites for hydroxylation is 1. The van der Waals surface area contributed by atoms with Crippen molar-refractivity contribution in [2.24, 2.45) is 0 Å². The summed E-state index contributed by atoms with van der Waals surface area (Å²) in [5.41, 5.74) is 2.95. The Hall–Kier alpha value is -3.16. The van der Waals surface area contributed by atoms with Crippen molar-refractivity contribution in [1.82, 2.24) is 24.3 Å². The molecule has 26 heavy (non-hydrogen) atoms. The van der Waals surface area contributed by atoms with Gasteiger partial charge in [-0.05, 0) is 37.6 Å². The number of nitrogens with zero attached hydrogens (tertiary/aromatic N) is 5. The fourth-order valence-corrected chi connectivity index (χ4v) is 3.11. The van der Waals surface area contributed by atoms with E-state index in [1.165, 1.54) is 35.3 Å². The lowest BCUT2D eigenvalue weighted by Crippen LogP contribution is -2.24. The summed E-state index contributed by atoms with van der Waals surface area (Å²) in [5, 5.41) is 10.3. The van der Waals surface area contributed by atoms with Gasteiger partial charge in [-0.25, -0.2) is 14.6 Å². The second-order valence-corrected chi connectivity index (χ2v) is 6.39. The third-order valence-corrected chi connectivity index (χ3v) is 4.64. The zero-order valence-corrected chi connectivity index (χ0v) is 14.6. The van der Waals surface area contributed by atoms with Crippen LogP contribution >= 0.6 is 0 Å². The fourth-order valence-electron chi connectivity index (χ4n) is 3.11. The molecule has 0 fully saturated rings. The molecule has 134 valence electrons. The lowest BCUT2D eigenvalue weighted by atomic mass is 10.2. The van der Waals surface area contributed by atoms with Crippen LogP contribution in [0.5, 0.6) is 0 Å². The summed E-state index contributed by atoms with van der Waals surface area (Å²) in [6, 6.07) is 7.26. The van der Waals surface area contributed by atoms with Crippen LogP contribution in [0.15, 0.2) is 43.1 Å². The Bertz CT molecular complexity index is 883. The van der Waals surface area contributed by atoms with Crippen molar-refractivity contribution in [1.29, 1.82) is 0 Å². The van der Waals surface area contributed by atoms with Crippen LogP contribution in [0.4, 0.5) is 11.4 Å². The maximum atomic E-state index is 12.3. The molecule has 1 unspecified atom stereocenters. The fraction of sp³-hybridized carbons (Fsp3) is 0.333. The van der Waals surface area contributed by atoms with Crippen LogP contribution in [0.3, 0.4) is 0 Å². The van der Waals surface area contributed by atoms with E-state index in [0.29, 0.717) is 0 Å². The minimum Gasteiger partial charge on any atom is -0.379 e. The molecule has 1 aromatic carbocycles. The highest BCUT2D eigenvalue weighted by Gasteiger charge is 2.16. The smallest absolute Gasteiger partial charge is 0.249 e. The number of rotatable bonds is 6. The molecule has 0 aliphatic carbocycles. The van der Waals surface area contributed by atoms with Gasteiger partial charge < -0.3 is 15.2 Å². The van der Waals surface area contributed by atoms with Crippen LogP contribution in [0.25, 0.3) is 0 Å². The second-order valence-electron chi connectivity index (χ2n) is 6.39. The Kier molecular flexibility index (Phi) is 4.39. The van der Waals surface area contributed by atoms with Gasteiger partial charge in [0.15, 0.2) is 0 Å². The van der Waals surface area contributed by atoms with Crippen LogP contribution in [0.2, 0.25) is 0 Å². The Morgan fingerprint density at radius 3 is 2.85 bits per heavy atom. The standard InChI is InChI=1S/C18H21N7O/c1-13(25-12-19-11-22-25)18(26)23-15-6-4-14(5-7-15)20-9-16-10-21-17-3-2-8-24(16)17/h4-7,10-13,20H,2-3,8-9H2,1H3,(H,23,26). The third-order valence-electron chi connectivity index (χ3n) is 4.64. The number of nitrogens with one attached hydrogen (secondary N) is 2. The monoisotopic (exact) mass is 351 g/mol. The van der Waals surface area contributed by atoms with E-state index >= 15 is 0 Å². The number of hydrogen-bond acceptors (Lipinski definition) is 5. The molecule has 8 heteroatoms. The van der Waals surface area contributed by atoms with Crippen LogP contribution in [-0.2, 0) is 24.3 Å². The quantitative estimate of drug-likeness (QED) is 0.711. The predicted octanol–water partition coefficient (Wildman–Crippen LogP) is 2.23. The van der Waals surface area contributed by atoms with Gasteiger partial charge in [0, 0.05) is 24.3 Å². The molecule has 1 amide bonds. The number of hydrogen-bond donors (Lipinski definition) is 2. The molecule has 8 nitrogen and oxygen atoms in total. The van der Waals surface area contributed by atoms with Crippen molar-refractivity contribution < 1.29 is 4.79 Å². The SMILES string of the molecule is CC(C(=O)Nc1ccc(NCc2cnc3n2CCC3)cc1)n1cncn1. The van der Waals surface area contributed by atoms with Crippen molar-refractivity contribution in [3.05, 3.63) is 54.6 Å². The summed E-state index contributed by atoms with van der Waals surface area (Å²) in [4.78, 5) is 20.6. The maximum absolute atomic E-state index is 12.3. The van der Waals surface area contributed by atoms with E-state index < -0.39 is 6.04 Å². The second kappa shape index (κ2) is 6.99. The molecule has 3 heterocycles. The predicted molar refractivity (Wildman–Crippen MR) is 97.7 cm³/mol. The van der Waals surface area contributed by atoms with Crippen molar-refractivity contribution in [3.63, 3.8) is 0 Å². The molecule has 2 N–H and O–H groups in total. The van der Waals surface area contributed by atoms with Crippen molar-refractivity contribution in [3.8, 4) is 0 Å². The summed E-state index contributed by atoms with van der Waals surface area (Å²) in [5.74, 6) is 1.05. The van der Waals surface area contributed by atoms with Gasteiger partial charge in [0.2, 0.25) is 5.91 Å². The highest BCUT2D eigenvalue weighted by atomic mass is 16.2. The van der Waals surface area contributed by atoms with Gasteiger partial charge in [0.25, 0.3) is 0 Å². The topological polar surface area (TPSA) is 89.7 Å². The minimum atomic E-state index is -0.417. The molecule has 1 aliphatic heterocycles. The molecule has 0 saturated carbocycles. The minimum absolute atomic E-state index is 0.133. The number of benzene rings is 1. The Balaban J connectivity index is 1.34. The number of amides is 1. The van der Waals surface area contributed by atoms with Crippen LogP contribution < -0.4 is 10.6 Å². The molecule has 1 aliphatic rings. The third kappa shape index (κ3) is 3.30. The first-order valence-corrected chi connectivity index (χ1v) is 8.73. The number of carbonyl (C=O) groups excluding carboxylic acids is 1. The highest BCUT2D eigenvalue weighted by molar-refractivity contribution is 5.93. The lowest BCUT2D eigenvalue weighted by Gasteiger charge is -2.13. The van der Waals surface area contributed by atoms with E-state index in [1.54, 1.807) is 6.92 Å². The van der Waals surface area contributed by atoms with Gasteiger partial charge in [-0.3, -0.25) is 4.79 Å². The van der Waals surface area contributed by atoms with E-state index in [1.807, 2.05) is 30.5 Å². The molecule has 4 rings (SSSR count). The largest absolute Gasteiger partial charge is 0.379 e. The molecule has 0 radical (unpaired) electrons. The van der Waals surface area contributed by atoms with Crippen molar-refractivity contribution >= 4 is 17.3 Å². The molecule has 1 atom stereocenters. The van der Waals surface area contributed by atoms with Crippen LogP contribution in [0, 0.1) is 0 Å². The zero-order valence-electron chi connectivity index (χ0n) is 14.6. The molecule has 2 aromatic heterocycles. The van der Waals surface area contributed by atoms with E-state index in [-0.39, 0.29) is 5.91 Å². The normalized spacial score (nSPS) is 14.0. The van der Waals surface area contributed by atoms with E-state index in [4.69, 9.17) is 0 Å². The highest BCUT2D eigenvalue weighted by Crippen LogP contribution is 2.19. The first-order chi connectivity index (χ1) is 12.7. The van der Waals surface area contributed by atoms with E-state index in [2.05, 4.69) is 30.3 Å². The summed E-state index contributed by atoms with van der Waals surface area (Å²) in [6.07, 6.45) is 7.14. The maximum Gasteiger partial charge on any atom is 0.249 e. The molecule has 0 spiro atoms. The molecule has 0 bridgehead atoms. The number of aromatic nitrogens is 5. The van der Waals surface area contributed by atoms with Gasteiger partial charge in [-0.15, -0.1) is 0 Å². The van der Waals surface area contributed by atoms with Gasteiger partial charge in [0.1, 0.15) is 24.5 Å². The summed E-state index contributed by atoms with van der Waals surface area (Å²) in [6.45, 7) is 3.58. The molecular formula is C18H21N7O. The van der Waals surface area contributed by atoms with Gasteiger partial charge in [-0.1, -0.05) is 0 Å². The Morgan fingerprint density at radius 2 is 2.08 bits per heavy atom. The molecule has 3 aromatic rings. The first-order valence-electron chi connectivity index (χ1n) is 8.73. The summed E-state index contributed by atoms with van der Waals surface area (Å²) < 4.78 is 3.81. The Morgan fingerprint density at radius 1 is 1.27 bits per heavy atom. The van der Waals surface area contributed by atoms with Gasteiger partial charge >= 0.3 is 0 Å². The van der Waals surface area contributed by atoms with Gasteiger partial charge in [0.05, 0.1) is 18.4 Å². The van der Waals surface area contributed by atoms with E-state index in [9.17, 15) is 4.79 Å². The lowest BCUT2D eigenvalue weighted by molar-refractivity contribution is -0.119. The first kappa shape index (κ1) is 16.3. The summed E-state index contributed by atoms with van der Waals surface area (Å²) >= 11 is 0. The number of imidazole rings is 1. The van der Waals surface area contributed by atoms with E-state index in [0.717, 1.165) is 30.9 Å². The van der Waals surface area contributed by atoms with Crippen LogP contribution in [0.1, 0.15) is 30.9 Å². The van der Waals surface area contributed by atoms with Crippen LogP contribution in [-0.4, -0.2) is 30.2 Å². The number of carbonyl (C=O) groups is 1. The molecular weight excluding hydrogens is 330 g/mol. The van der Waals surface area contributed by atoms with Gasteiger partial charge in [-0.2, -0.15) is 5.10 Å². The number of fused-ring (bicyclic) bond motifs is 1. The average Bonchev–Trinajstić information content (AvgIpc) is 3.39. The van der Waals surface area contributed by atoms with Crippen molar-refractivity contribution in [2.45, 2.75) is 38.9 Å². The van der Waals surface area contributed by atoms with Crippen molar-refractivity contribution in [2.75, 3.05) is 10.6 Å². The zero-order chi connectivity index (χ0) is 17.9. The summed E-state index contributed by atoms with van der Waals surface area (Å²) in [7, 11) is 0. The molecule has 0 saturated heterocycles.